The van der Waals surface area contributed by atoms with Gasteiger partial charge in [0, 0.05) is 7.05 Å². The van der Waals surface area contributed by atoms with E-state index in [0.717, 1.165) is 0 Å². The van der Waals surface area contributed by atoms with E-state index in [0.29, 0.717) is 11.5 Å². The summed E-state index contributed by atoms with van der Waals surface area (Å²) in [5.74, 6) is -0.387. The van der Waals surface area contributed by atoms with Gasteiger partial charge < -0.3 is 19.4 Å². The summed E-state index contributed by atoms with van der Waals surface area (Å²) in [4.78, 5) is 32.2. The summed E-state index contributed by atoms with van der Waals surface area (Å²) >= 11 is 0. The maximum atomic E-state index is 12.8. The van der Waals surface area contributed by atoms with Gasteiger partial charge in [-0.1, -0.05) is 0 Å². The molecule has 1 N–H and O–H groups in total. The van der Waals surface area contributed by atoms with Gasteiger partial charge in [-0.15, -0.1) is 4.39 Å². The minimum Gasteiger partial charge on any atom is -0.468 e. The molecule has 2 rings (SSSR count). The number of methoxy groups -OCH3 is 1. The molecular formula is C14H15FN4O4. The number of hydrogen-bond donors (Lipinski definition) is 1. The Morgan fingerprint density at radius 1 is 1.43 bits per heavy atom. The van der Waals surface area contributed by atoms with Crippen LogP contribution in [-0.4, -0.2) is 42.5 Å². The van der Waals surface area contributed by atoms with Crippen LogP contribution in [0.5, 0.6) is 0 Å². The van der Waals surface area contributed by atoms with Gasteiger partial charge in [0.1, 0.15) is 18.1 Å². The van der Waals surface area contributed by atoms with Gasteiger partial charge in [-0.25, -0.2) is 4.98 Å². The predicted octanol–water partition coefficient (Wildman–Crippen LogP) is 1.38. The summed E-state index contributed by atoms with van der Waals surface area (Å²) in [7, 11) is 2.98. The molecule has 9 heteroatoms. The van der Waals surface area contributed by atoms with Crippen molar-refractivity contribution in [2.24, 2.45) is 0 Å². The molecule has 0 aromatic carbocycles. The van der Waals surface area contributed by atoms with Crippen LogP contribution < -0.4 is 10.2 Å². The van der Waals surface area contributed by atoms with E-state index in [9.17, 15) is 14.0 Å². The number of aromatic nitrogens is 2. The van der Waals surface area contributed by atoms with Gasteiger partial charge in [0.15, 0.2) is 5.69 Å². The number of esters is 1. The molecule has 0 atom stereocenters. The summed E-state index contributed by atoms with van der Waals surface area (Å²) in [5, 5.41) is 2.53. The topological polar surface area (TPSA) is 97.6 Å². The fourth-order valence-corrected chi connectivity index (χ4v) is 1.79. The molecule has 0 fully saturated rings. The van der Waals surface area contributed by atoms with E-state index in [4.69, 9.17) is 0 Å². The van der Waals surface area contributed by atoms with Crippen molar-refractivity contribution in [3.05, 3.63) is 35.9 Å². The van der Waals surface area contributed by atoms with E-state index in [1.54, 1.807) is 24.1 Å². The fourth-order valence-electron chi connectivity index (χ4n) is 1.79. The van der Waals surface area contributed by atoms with Crippen molar-refractivity contribution in [2.45, 2.75) is 6.92 Å². The number of anilines is 2. The second kappa shape index (κ2) is 6.86. The van der Waals surface area contributed by atoms with Crippen LogP contribution in [0.4, 0.5) is 15.9 Å². The zero-order valence-electron chi connectivity index (χ0n) is 12.8. The first-order valence-electron chi connectivity index (χ1n) is 6.59. The number of oxazole rings is 1. The number of halogens is 1. The first-order chi connectivity index (χ1) is 10.9. The molecule has 2 heterocycles. The number of ether oxygens (including phenoxy) is 1. The molecule has 0 saturated carbocycles. The van der Waals surface area contributed by atoms with Crippen molar-refractivity contribution in [3.63, 3.8) is 0 Å². The summed E-state index contributed by atoms with van der Waals surface area (Å²) in [6, 6.07) is 3.22. The molecule has 0 radical (unpaired) electrons. The van der Waals surface area contributed by atoms with Crippen molar-refractivity contribution in [1.82, 2.24) is 9.97 Å². The molecule has 0 aliphatic carbocycles. The highest BCUT2D eigenvalue weighted by Crippen LogP contribution is 2.15. The molecule has 0 saturated heterocycles. The van der Waals surface area contributed by atoms with Crippen LogP contribution in [0.1, 0.15) is 16.2 Å². The van der Waals surface area contributed by atoms with E-state index >= 15 is 0 Å². The maximum Gasteiger partial charge on any atom is 0.382 e. The van der Waals surface area contributed by atoms with Crippen LogP contribution in [0.2, 0.25) is 0 Å². The number of rotatable bonds is 5. The van der Waals surface area contributed by atoms with Crippen LogP contribution in [-0.2, 0) is 9.53 Å². The highest BCUT2D eigenvalue weighted by Gasteiger charge is 2.17. The number of amides is 1. The number of pyridine rings is 1. The Kier molecular flexibility index (Phi) is 4.89. The molecule has 2 aromatic rings. The largest absolute Gasteiger partial charge is 0.468 e. The van der Waals surface area contributed by atoms with E-state index < -0.39 is 18.0 Å². The third kappa shape index (κ3) is 4.02. The second-order valence-electron chi connectivity index (χ2n) is 4.66. The molecule has 0 bridgehead atoms. The molecular weight excluding hydrogens is 307 g/mol. The van der Waals surface area contributed by atoms with Gasteiger partial charge in [0.2, 0.25) is 0 Å². The van der Waals surface area contributed by atoms with Crippen LogP contribution >= 0.6 is 0 Å². The van der Waals surface area contributed by atoms with Crippen LogP contribution in [0, 0.1) is 13.1 Å². The molecule has 0 spiro atoms. The first kappa shape index (κ1) is 16.4. The van der Waals surface area contributed by atoms with Gasteiger partial charge in [0.25, 0.3) is 5.91 Å². The second-order valence-corrected chi connectivity index (χ2v) is 4.66. The lowest BCUT2D eigenvalue weighted by Gasteiger charge is -2.16. The third-order valence-electron chi connectivity index (χ3n) is 2.98. The van der Waals surface area contributed by atoms with Crippen LogP contribution in [0.15, 0.2) is 22.7 Å². The Labute approximate surface area is 131 Å². The summed E-state index contributed by atoms with van der Waals surface area (Å²) in [6.45, 7) is 1.49. The fraction of sp³-hybridized carbons (Fsp3) is 0.286. The van der Waals surface area contributed by atoms with Crippen molar-refractivity contribution < 1.29 is 23.1 Å². The number of aryl methyl sites for hydroxylation is 1. The van der Waals surface area contributed by atoms with Gasteiger partial charge in [0.05, 0.1) is 19.0 Å². The summed E-state index contributed by atoms with van der Waals surface area (Å²) < 4.78 is 22.0. The molecule has 8 nitrogen and oxygen atoms in total. The Morgan fingerprint density at radius 2 is 2.17 bits per heavy atom. The zero-order chi connectivity index (χ0) is 17.0. The van der Waals surface area contributed by atoms with Crippen LogP contribution in [0.3, 0.4) is 0 Å². The van der Waals surface area contributed by atoms with Gasteiger partial charge in [-0.3, -0.25) is 9.59 Å². The maximum absolute atomic E-state index is 12.8. The van der Waals surface area contributed by atoms with E-state index in [1.807, 2.05) is 0 Å². The van der Waals surface area contributed by atoms with Gasteiger partial charge in [-0.2, -0.15) is 4.98 Å². The van der Waals surface area contributed by atoms with Crippen molar-refractivity contribution in [2.75, 3.05) is 30.9 Å². The molecule has 2 aromatic heterocycles. The third-order valence-corrected chi connectivity index (χ3v) is 2.98. The zero-order valence-corrected chi connectivity index (χ0v) is 12.8. The number of nitrogens with zero attached hydrogens (tertiary/aromatic N) is 3. The minimum absolute atomic E-state index is 0.0482. The summed E-state index contributed by atoms with van der Waals surface area (Å²) in [6.07, 6.45) is 0.345. The minimum atomic E-state index is -1.06. The highest BCUT2D eigenvalue weighted by molar-refractivity contribution is 6.03. The monoisotopic (exact) mass is 322 g/mol. The molecule has 0 unspecified atom stereocenters. The summed E-state index contributed by atoms with van der Waals surface area (Å²) in [5.41, 5.74) is 0.266. The lowest BCUT2D eigenvalue weighted by molar-refractivity contribution is -0.138. The first-order valence-corrected chi connectivity index (χ1v) is 6.59. The number of hydrogen-bond acceptors (Lipinski definition) is 7. The van der Waals surface area contributed by atoms with Crippen molar-refractivity contribution >= 4 is 23.4 Å². The number of carbonyl (C=O) groups is 2. The highest BCUT2D eigenvalue weighted by atomic mass is 19.1. The van der Waals surface area contributed by atoms with E-state index in [2.05, 4.69) is 24.4 Å². The van der Waals surface area contributed by atoms with Gasteiger partial charge >= 0.3 is 12.1 Å². The Balaban J connectivity index is 2.04. The van der Waals surface area contributed by atoms with Crippen LogP contribution in [0.25, 0.3) is 0 Å². The van der Waals surface area contributed by atoms with E-state index in [1.165, 1.54) is 20.2 Å². The smallest absolute Gasteiger partial charge is 0.382 e. The van der Waals surface area contributed by atoms with Gasteiger partial charge in [-0.05, 0) is 19.1 Å². The van der Waals surface area contributed by atoms with E-state index in [-0.39, 0.29) is 18.0 Å². The Morgan fingerprint density at radius 3 is 2.70 bits per heavy atom. The SMILES string of the molecule is COC(=O)CN(C)c1ccc(NC(=O)c2nc(F)oc2C)cn1. The van der Waals surface area contributed by atoms with Crippen molar-refractivity contribution in [1.29, 1.82) is 0 Å². The Bertz CT molecular complexity index is 714. The molecule has 23 heavy (non-hydrogen) atoms. The average molecular weight is 322 g/mol. The average Bonchev–Trinajstić information content (AvgIpc) is 2.86. The molecule has 122 valence electrons. The molecule has 0 aliphatic rings. The number of nitrogens with one attached hydrogen (secondary N) is 1. The quantitative estimate of drug-likeness (QED) is 0.830. The normalized spacial score (nSPS) is 10.3. The standard InChI is InChI=1S/C14H15FN4O4/c1-8-12(18-14(15)23-8)13(21)17-9-4-5-10(16-6-9)19(2)7-11(20)22-3/h4-6H,7H2,1-3H3,(H,17,21). The lowest BCUT2D eigenvalue weighted by atomic mass is 10.3. The number of likely N-dealkylation sites (N-methyl/N-ethyl adjacent to an activating group) is 1. The van der Waals surface area contributed by atoms with Crippen molar-refractivity contribution in [3.8, 4) is 0 Å². The predicted molar refractivity (Wildman–Crippen MR) is 78.7 cm³/mol. The molecule has 1 amide bonds. The molecule has 0 aliphatic heterocycles. The number of carbonyl (C=O) groups excluding carboxylic acids is 2. The Hall–Kier alpha value is -2.97. The lowest BCUT2D eigenvalue weighted by Crippen LogP contribution is -2.27.